The fourth-order valence-corrected chi connectivity index (χ4v) is 2.45. The molecule has 0 aliphatic heterocycles. The monoisotopic (exact) mass is 292 g/mol. The van der Waals surface area contributed by atoms with Crippen molar-refractivity contribution in [2.24, 2.45) is 7.05 Å². The molecule has 0 amide bonds. The molecule has 0 aliphatic rings. The van der Waals surface area contributed by atoms with Crippen LogP contribution in [-0.4, -0.2) is 18.0 Å². The first-order valence-electron chi connectivity index (χ1n) is 4.59. The van der Waals surface area contributed by atoms with Gasteiger partial charge in [-0.05, 0) is 12.1 Å². The molecule has 0 aliphatic carbocycles. The molecule has 1 N–H and O–H groups in total. The lowest BCUT2D eigenvalue weighted by Crippen LogP contribution is -2.28. The Morgan fingerprint density at radius 3 is 2.50 bits per heavy atom. The summed E-state index contributed by atoms with van der Waals surface area (Å²) in [6, 6.07) is 1.58. The molecule has 2 rings (SSSR count). The number of aromatic amines is 1. The molecule has 0 radical (unpaired) electrons. The van der Waals surface area contributed by atoms with E-state index in [1.54, 1.807) is 0 Å². The third-order valence-corrected chi connectivity index (χ3v) is 3.78. The first kappa shape index (κ1) is 12.8. The van der Waals surface area contributed by atoms with Gasteiger partial charge in [-0.1, -0.05) is 0 Å². The molecule has 1 aromatic heterocycles. The van der Waals surface area contributed by atoms with Crippen molar-refractivity contribution in [2.75, 3.05) is 0 Å². The number of aryl methyl sites for hydroxylation is 1. The predicted octanol–water partition coefficient (Wildman–Crippen LogP) is 0.293. The van der Waals surface area contributed by atoms with Crippen LogP contribution in [0.1, 0.15) is 0 Å². The molecule has 0 bridgehead atoms. The van der Waals surface area contributed by atoms with Crippen LogP contribution in [0.15, 0.2) is 26.6 Å². The number of H-pyrrole nitrogens is 1. The highest BCUT2D eigenvalue weighted by molar-refractivity contribution is 8.13. The van der Waals surface area contributed by atoms with Crippen LogP contribution in [0.3, 0.4) is 0 Å². The molecule has 0 fully saturated rings. The van der Waals surface area contributed by atoms with Crippen molar-refractivity contribution in [1.82, 2.24) is 9.55 Å². The number of halogens is 2. The lowest BCUT2D eigenvalue weighted by atomic mass is 10.2. The van der Waals surface area contributed by atoms with E-state index >= 15 is 0 Å². The topological polar surface area (TPSA) is 89.0 Å². The van der Waals surface area contributed by atoms with Crippen molar-refractivity contribution in [3.05, 3.63) is 38.8 Å². The largest absolute Gasteiger partial charge is 0.328 e. The molecule has 0 saturated carbocycles. The maximum Gasteiger partial charge on any atom is 0.328 e. The third-order valence-electron chi connectivity index (χ3n) is 2.44. The van der Waals surface area contributed by atoms with Crippen molar-refractivity contribution >= 4 is 30.6 Å². The highest BCUT2D eigenvalue weighted by Gasteiger charge is 2.19. The quantitative estimate of drug-likeness (QED) is 0.765. The van der Waals surface area contributed by atoms with E-state index in [0.29, 0.717) is 0 Å². The number of hydrogen-bond donors (Lipinski definition) is 1. The maximum atomic E-state index is 13.6. The molecule has 0 atom stereocenters. The normalized spacial score (nSPS) is 11.9. The zero-order valence-electron chi connectivity index (χ0n) is 8.90. The second kappa shape index (κ2) is 3.92. The minimum atomic E-state index is -4.31. The van der Waals surface area contributed by atoms with Gasteiger partial charge in [0.25, 0.3) is 14.6 Å². The molecule has 18 heavy (non-hydrogen) atoms. The summed E-state index contributed by atoms with van der Waals surface area (Å²) in [5.74, 6) is -1.13. The maximum absolute atomic E-state index is 13.6. The fraction of sp³-hybridized carbons (Fsp3) is 0.111. The number of aromatic nitrogens is 2. The van der Waals surface area contributed by atoms with Crippen LogP contribution in [0.4, 0.5) is 4.39 Å². The molecule has 1 aromatic carbocycles. The molecular weight excluding hydrogens is 287 g/mol. The Kier molecular flexibility index (Phi) is 2.78. The summed E-state index contributed by atoms with van der Waals surface area (Å²) in [7, 11) is 2.05. The molecular formula is C9H6ClFN2O4S. The number of rotatable bonds is 1. The first-order chi connectivity index (χ1) is 8.21. The van der Waals surface area contributed by atoms with E-state index in [4.69, 9.17) is 10.7 Å². The van der Waals surface area contributed by atoms with Gasteiger partial charge in [0, 0.05) is 17.7 Å². The average Bonchev–Trinajstić information content (AvgIpc) is 2.23. The van der Waals surface area contributed by atoms with Crippen LogP contribution in [0.25, 0.3) is 10.9 Å². The molecule has 0 spiro atoms. The SMILES string of the molecule is Cn1c(=O)[nH]c(=O)c2cc(S(=O)(=O)Cl)c(F)cc21. The molecule has 2 aromatic rings. The number of hydrogen-bond acceptors (Lipinski definition) is 4. The Hall–Kier alpha value is -1.67. The number of benzene rings is 1. The Bertz CT molecular complexity index is 868. The van der Waals surface area contributed by atoms with Crippen LogP contribution < -0.4 is 11.2 Å². The second-order valence-corrected chi connectivity index (χ2v) is 6.09. The number of fused-ring (bicyclic) bond motifs is 1. The Morgan fingerprint density at radius 1 is 1.33 bits per heavy atom. The lowest BCUT2D eigenvalue weighted by molar-refractivity contribution is 0.576. The molecule has 0 saturated heterocycles. The Labute approximate surface area is 104 Å². The second-order valence-electron chi connectivity index (χ2n) is 3.56. The van der Waals surface area contributed by atoms with Crippen LogP contribution in [0.2, 0.25) is 0 Å². The number of nitrogens with zero attached hydrogens (tertiary/aromatic N) is 1. The van der Waals surface area contributed by atoms with Gasteiger partial charge in [0.05, 0.1) is 10.9 Å². The van der Waals surface area contributed by atoms with E-state index in [1.165, 1.54) is 7.05 Å². The van der Waals surface area contributed by atoms with Gasteiger partial charge in [0.2, 0.25) is 0 Å². The van der Waals surface area contributed by atoms with Crippen molar-refractivity contribution in [1.29, 1.82) is 0 Å². The van der Waals surface area contributed by atoms with E-state index in [1.807, 2.05) is 4.98 Å². The summed E-state index contributed by atoms with van der Waals surface area (Å²) in [5.41, 5.74) is -1.56. The zero-order valence-corrected chi connectivity index (χ0v) is 10.5. The molecule has 1 heterocycles. The van der Waals surface area contributed by atoms with Crippen LogP contribution in [-0.2, 0) is 16.1 Å². The molecule has 96 valence electrons. The number of nitrogens with one attached hydrogen (secondary N) is 1. The summed E-state index contributed by atoms with van der Waals surface area (Å²) in [4.78, 5) is 24.0. The molecule has 6 nitrogen and oxygen atoms in total. The third kappa shape index (κ3) is 1.93. The van der Waals surface area contributed by atoms with Crippen molar-refractivity contribution in [3.8, 4) is 0 Å². The summed E-state index contributed by atoms with van der Waals surface area (Å²) in [5, 5.41) is -0.141. The van der Waals surface area contributed by atoms with Crippen molar-refractivity contribution in [3.63, 3.8) is 0 Å². The van der Waals surface area contributed by atoms with Gasteiger partial charge in [-0.25, -0.2) is 17.6 Å². The minimum Gasteiger partial charge on any atom is -0.296 e. The van der Waals surface area contributed by atoms with Crippen LogP contribution in [0.5, 0.6) is 0 Å². The van der Waals surface area contributed by atoms with Gasteiger partial charge < -0.3 is 0 Å². The van der Waals surface area contributed by atoms with E-state index in [-0.39, 0.29) is 10.9 Å². The summed E-state index contributed by atoms with van der Waals surface area (Å²) >= 11 is 0. The summed E-state index contributed by atoms with van der Waals surface area (Å²) < 4.78 is 36.8. The van der Waals surface area contributed by atoms with Gasteiger partial charge >= 0.3 is 5.69 Å². The van der Waals surface area contributed by atoms with Gasteiger partial charge in [-0.15, -0.1) is 0 Å². The van der Waals surface area contributed by atoms with Gasteiger partial charge in [-0.2, -0.15) is 0 Å². The molecule has 9 heteroatoms. The zero-order chi connectivity index (χ0) is 13.7. The van der Waals surface area contributed by atoms with Gasteiger partial charge in [-0.3, -0.25) is 14.3 Å². The summed E-state index contributed by atoms with van der Waals surface area (Å²) in [6.45, 7) is 0. The fourth-order valence-electron chi connectivity index (χ4n) is 1.55. The van der Waals surface area contributed by atoms with E-state index in [9.17, 15) is 22.4 Å². The highest BCUT2D eigenvalue weighted by atomic mass is 35.7. The van der Waals surface area contributed by atoms with Gasteiger partial charge in [0.1, 0.15) is 10.7 Å². The van der Waals surface area contributed by atoms with E-state index in [0.717, 1.165) is 16.7 Å². The minimum absolute atomic E-state index is 0.0229. The van der Waals surface area contributed by atoms with Crippen LogP contribution >= 0.6 is 10.7 Å². The van der Waals surface area contributed by atoms with Gasteiger partial charge in [0.15, 0.2) is 0 Å². The average molecular weight is 293 g/mol. The first-order valence-corrected chi connectivity index (χ1v) is 6.90. The lowest BCUT2D eigenvalue weighted by Gasteiger charge is -2.05. The van der Waals surface area contributed by atoms with E-state index < -0.39 is 31.0 Å². The Morgan fingerprint density at radius 2 is 1.94 bits per heavy atom. The van der Waals surface area contributed by atoms with Crippen LogP contribution in [0, 0.1) is 5.82 Å². The van der Waals surface area contributed by atoms with Crippen molar-refractivity contribution in [2.45, 2.75) is 4.90 Å². The Balaban J connectivity index is 3.08. The highest BCUT2D eigenvalue weighted by Crippen LogP contribution is 2.22. The standard InChI is InChI=1S/C9H6ClFN2O4S/c1-13-6-3-5(11)7(18(10,16)17)2-4(6)8(14)12-9(13)15/h2-3H,1H3,(H,12,14,15). The van der Waals surface area contributed by atoms with E-state index in [2.05, 4.69) is 0 Å². The summed E-state index contributed by atoms with van der Waals surface area (Å²) in [6.07, 6.45) is 0. The van der Waals surface area contributed by atoms with Crippen molar-refractivity contribution < 1.29 is 12.8 Å². The predicted molar refractivity (Wildman–Crippen MR) is 62.8 cm³/mol. The smallest absolute Gasteiger partial charge is 0.296 e. The molecule has 0 unspecified atom stereocenters.